The number of aryl methyl sites for hydroxylation is 1. The maximum atomic E-state index is 13.1. The van der Waals surface area contributed by atoms with Gasteiger partial charge in [0, 0.05) is 11.1 Å². The van der Waals surface area contributed by atoms with E-state index in [4.69, 9.17) is 0 Å². The van der Waals surface area contributed by atoms with Crippen molar-refractivity contribution < 1.29 is 4.39 Å². The maximum Gasteiger partial charge on any atom is 0.182 e. The number of nitriles is 2. The van der Waals surface area contributed by atoms with Crippen LogP contribution in [0.25, 0.3) is 22.6 Å². The summed E-state index contributed by atoms with van der Waals surface area (Å²) in [6.45, 7) is 1.96. The second kappa shape index (κ2) is 6.86. The van der Waals surface area contributed by atoms with Crippen LogP contribution in [-0.4, -0.2) is 15.2 Å². The fourth-order valence-corrected chi connectivity index (χ4v) is 2.33. The van der Waals surface area contributed by atoms with E-state index >= 15 is 0 Å². The molecule has 5 nitrogen and oxygen atoms in total. The number of benzene rings is 2. The molecule has 0 atom stereocenters. The lowest BCUT2D eigenvalue weighted by atomic mass is 10.0. The summed E-state index contributed by atoms with van der Waals surface area (Å²) in [7, 11) is 0. The van der Waals surface area contributed by atoms with Gasteiger partial charge in [-0.05, 0) is 31.2 Å². The molecule has 0 amide bonds. The lowest BCUT2D eigenvalue weighted by Gasteiger charge is -2.10. The van der Waals surface area contributed by atoms with Crippen LogP contribution in [0.5, 0.6) is 0 Å². The van der Waals surface area contributed by atoms with Crippen molar-refractivity contribution in [3.8, 4) is 34.8 Å². The summed E-state index contributed by atoms with van der Waals surface area (Å²) in [6, 6.07) is 17.0. The van der Waals surface area contributed by atoms with Gasteiger partial charge in [-0.3, -0.25) is 0 Å². The Morgan fingerprint density at radius 2 is 1.48 bits per heavy atom. The molecule has 0 unspecified atom stereocenters. The number of halogens is 1. The highest BCUT2D eigenvalue weighted by atomic mass is 19.1. The molecule has 120 valence electrons. The van der Waals surface area contributed by atoms with Crippen molar-refractivity contribution in [3.63, 3.8) is 0 Å². The van der Waals surface area contributed by atoms with Crippen molar-refractivity contribution >= 4 is 0 Å². The van der Waals surface area contributed by atoms with Crippen molar-refractivity contribution in [2.75, 3.05) is 0 Å². The molecule has 6 heteroatoms. The Morgan fingerprint density at radius 3 is 2.08 bits per heavy atom. The Labute approximate surface area is 144 Å². The van der Waals surface area contributed by atoms with Crippen molar-refractivity contribution in [1.29, 1.82) is 10.5 Å². The van der Waals surface area contributed by atoms with Crippen LogP contribution in [0.2, 0.25) is 0 Å². The summed E-state index contributed by atoms with van der Waals surface area (Å²) in [6.07, 6.45) is 0. The summed E-state index contributed by atoms with van der Waals surface area (Å²) in [5, 5.41) is 26.8. The third-order valence-electron chi connectivity index (χ3n) is 3.67. The summed E-state index contributed by atoms with van der Waals surface area (Å²) in [4.78, 5) is 4.37. The van der Waals surface area contributed by atoms with Gasteiger partial charge >= 0.3 is 0 Å². The molecule has 1 aromatic heterocycles. The molecular weight excluding hydrogens is 317 g/mol. The Morgan fingerprint density at radius 1 is 0.880 bits per heavy atom. The fraction of sp³-hybridized carbons (Fsp3) is 0.105. The first-order chi connectivity index (χ1) is 12.1. The molecule has 0 saturated carbocycles. The van der Waals surface area contributed by atoms with Crippen LogP contribution in [-0.2, 0) is 0 Å². The van der Waals surface area contributed by atoms with E-state index in [1.54, 1.807) is 0 Å². The lowest BCUT2D eigenvalue weighted by molar-refractivity contribution is 0.628. The average molecular weight is 329 g/mol. The molecule has 1 heterocycles. The molecular formula is C19H12FN5. The normalized spacial score (nSPS) is 10.3. The van der Waals surface area contributed by atoms with Crippen LogP contribution < -0.4 is 0 Å². The standard InChI is InChI=1S/C19H12FN5/c1-12-2-4-13(5-3-12)18-17(15(10-21)11-22)23-19(25-24-18)14-6-8-16(20)9-7-14/h2-9,15H,1H3. The van der Waals surface area contributed by atoms with Gasteiger partial charge in [-0.1, -0.05) is 29.8 Å². The SMILES string of the molecule is Cc1ccc(-c2nnc(-c3ccc(F)cc3)nc2C(C#N)C#N)cc1. The highest BCUT2D eigenvalue weighted by molar-refractivity contribution is 5.65. The van der Waals surface area contributed by atoms with E-state index < -0.39 is 5.92 Å². The predicted molar refractivity (Wildman–Crippen MR) is 89.4 cm³/mol. The molecule has 25 heavy (non-hydrogen) atoms. The van der Waals surface area contributed by atoms with Gasteiger partial charge in [-0.2, -0.15) is 10.5 Å². The molecule has 0 radical (unpaired) electrons. The fourth-order valence-electron chi connectivity index (χ4n) is 2.33. The first kappa shape index (κ1) is 16.2. The number of aromatic nitrogens is 3. The number of hydrogen-bond acceptors (Lipinski definition) is 5. The Kier molecular flexibility index (Phi) is 4.45. The van der Waals surface area contributed by atoms with Gasteiger partial charge in [0.05, 0.1) is 12.1 Å². The van der Waals surface area contributed by atoms with E-state index in [-0.39, 0.29) is 17.3 Å². The second-order valence-corrected chi connectivity index (χ2v) is 5.43. The van der Waals surface area contributed by atoms with E-state index in [2.05, 4.69) is 15.2 Å². The minimum atomic E-state index is -1.08. The highest BCUT2D eigenvalue weighted by Gasteiger charge is 2.21. The molecule has 0 aliphatic rings. The Bertz CT molecular complexity index is 968. The van der Waals surface area contributed by atoms with Crippen molar-refractivity contribution in [2.24, 2.45) is 0 Å². The minimum absolute atomic E-state index is 0.237. The molecule has 0 aliphatic heterocycles. The molecule has 0 fully saturated rings. The smallest absolute Gasteiger partial charge is 0.182 e. The summed E-state index contributed by atoms with van der Waals surface area (Å²) in [5.41, 5.74) is 2.98. The summed E-state index contributed by atoms with van der Waals surface area (Å²) < 4.78 is 13.1. The molecule has 0 aliphatic carbocycles. The van der Waals surface area contributed by atoms with Gasteiger partial charge in [-0.25, -0.2) is 9.37 Å². The van der Waals surface area contributed by atoms with Crippen LogP contribution in [0.1, 0.15) is 17.2 Å². The van der Waals surface area contributed by atoms with E-state index in [9.17, 15) is 14.9 Å². The van der Waals surface area contributed by atoms with E-state index in [0.717, 1.165) is 11.1 Å². The molecule has 0 bridgehead atoms. The Balaban J connectivity index is 2.16. The zero-order chi connectivity index (χ0) is 17.8. The number of nitrogens with zero attached hydrogens (tertiary/aromatic N) is 5. The number of hydrogen-bond donors (Lipinski definition) is 0. The second-order valence-electron chi connectivity index (χ2n) is 5.43. The zero-order valence-electron chi connectivity index (χ0n) is 13.3. The van der Waals surface area contributed by atoms with Crippen LogP contribution in [0.4, 0.5) is 4.39 Å². The first-order valence-corrected chi connectivity index (χ1v) is 7.49. The molecule has 0 spiro atoms. The summed E-state index contributed by atoms with van der Waals surface area (Å²) >= 11 is 0. The first-order valence-electron chi connectivity index (χ1n) is 7.49. The van der Waals surface area contributed by atoms with Gasteiger partial charge in [0.15, 0.2) is 11.7 Å². The predicted octanol–water partition coefficient (Wildman–Crippen LogP) is 3.78. The Hall–Kier alpha value is -3.64. The quantitative estimate of drug-likeness (QED) is 0.730. The lowest BCUT2D eigenvalue weighted by Crippen LogP contribution is -2.06. The van der Waals surface area contributed by atoms with Crippen LogP contribution >= 0.6 is 0 Å². The molecule has 0 saturated heterocycles. The zero-order valence-corrected chi connectivity index (χ0v) is 13.3. The average Bonchev–Trinajstić information content (AvgIpc) is 2.64. The topological polar surface area (TPSA) is 86.2 Å². The van der Waals surface area contributed by atoms with E-state index in [1.807, 2.05) is 43.3 Å². The van der Waals surface area contributed by atoms with Crippen molar-refractivity contribution in [2.45, 2.75) is 12.8 Å². The summed E-state index contributed by atoms with van der Waals surface area (Å²) in [5.74, 6) is -1.22. The molecule has 3 aromatic rings. The largest absolute Gasteiger partial charge is 0.227 e. The third-order valence-corrected chi connectivity index (χ3v) is 3.67. The van der Waals surface area contributed by atoms with E-state index in [0.29, 0.717) is 11.3 Å². The number of rotatable bonds is 3. The van der Waals surface area contributed by atoms with Gasteiger partial charge in [0.1, 0.15) is 17.2 Å². The van der Waals surface area contributed by atoms with Crippen LogP contribution in [0, 0.1) is 35.4 Å². The maximum absolute atomic E-state index is 13.1. The molecule has 3 rings (SSSR count). The third kappa shape index (κ3) is 3.34. The monoisotopic (exact) mass is 329 g/mol. The van der Waals surface area contributed by atoms with Crippen LogP contribution in [0.15, 0.2) is 48.5 Å². The highest BCUT2D eigenvalue weighted by Crippen LogP contribution is 2.27. The van der Waals surface area contributed by atoms with Gasteiger partial charge < -0.3 is 0 Å². The van der Waals surface area contributed by atoms with Crippen molar-refractivity contribution in [3.05, 3.63) is 65.6 Å². The van der Waals surface area contributed by atoms with Crippen LogP contribution in [0.3, 0.4) is 0 Å². The van der Waals surface area contributed by atoms with Gasteiger partial charge in [-0.15, -0.1) is 10.2 Å². The van der Waals surface area contributed by atoms with Gasteiger partial charge in [0.2, 0.25) is 0 Å². The van der Waals surface area contributed by atoms with Gasteiger partial charge in [0.25, 0.3) is 0 Å². The molecule has 2 aromatic carbocycles. The van der Waals surface area contributed by atoms with Crippen molar-refractivity contribution in [1.82, 2.24) is 15.2 Å². The minimum Gasteiger partial charge on any atom is -0.227 e. The molecule has 0 N–H and O–H groups in total. The van der Waals surface area contributed by atoms with E-state index in [1.165, 1.54) is 24.3 Å².